The molecule has 0 aliphatic rings. The first kappa shape index (κ1) is 12.8. The lowest BCUT2D eigenvalue weighted by atomic mass is 10.0. The molecule has 1 amide bonds. The fourth-order valence-electron chi connectivity index (χ4n) is 1.47. The van der Waals surface area contributed by atoms with Crippen LogP contribution in [-0.4, -0.2) is 22.9 Å². The van der Waals surface area contributed by atoms with Gasteiger partial charge in [0.15, 0.2) is 0 Å². The molecule has 1 aromatic rings. The summed E-state index contributed by atoms with van der Waals surface area (Å²) in [7, 11) is 0. The van der Waals surface area contributed by atoms with Crippen LogP contribution in [0.3, 0.4) is 0 Å². The molecule has 0 saturated heterocycles. The lowest BCUT2D eigenvalue weighted by Gasteiger charge is -2.24. The molecular formula is C12H20N2O2. The van der Waals surface area contributed by atoms with Gasteiger partial charge >= 0.3 is 0 Å². The summed E-state index contributed by atoms with van der Waals surface area (Å²) in [4.78, 5) is 13.7. The van der Waals surface area contributed by atoms with Crippen LogP contribution in [0.5, 0.6) is 0 Å². The van der Waals surface area contributed by atoms with Crippen molar-refractivity contribution in [3.05, 3.63) is 24.2 Å². The first-order valence-corrected chi connectivity index (χ1v) is 5.51. The lowest BCUT2D eigenvalue weighted by Crippen LogP contribution is -2.40. The zero-order valence-electron chi connectivity index (χ0n) is 10.2. The highest BCUT2D eigenvalue weighted by Crippen LogP contribution is 2.11. The van der Waals surface area contributed by atoms with Crippen molar-refractivity contribution < 1.29 is 9.21 Å². The first-order valence-electron chi connectivity index (χ1n) is 5.51. The highest BCUT2D eigenvalue weighted by Gasteiger charge is 2.21. The number of hydrogen-bond donors (Lipinski definition) is 1. The van der Waals surface area contributed by atoms with Crippen molar-refractivity contribution in [3.8, 4) is 0 Å². The third-order valence-electron chi connectivity index (χ3n) is 2.27. The Balaban J connectivity index is 2.57. The molecule has 0 aromatic carbocycles. The Bertz CT molecular complexity index is 325. The van der Waals surface area contributed by atoms with Gasteiger partial charge in [0.25, 0.3) is 0 Å². The maximum atomic E-state index is 11.9. The molecule has 4 heteroatoms. The van der Waals surface area contributed by atoms with E-state index in [4.69, 9.17) is 10.2 Å². The van der Waals surface area contributed by atoms with Crippen molar-refractivity contribution in [1.29, 1.82) is 0 Å². The summed E-state index contributed by atoms with van der Waals surface area (Å²) in [6, 6.07) is 3.68. The maximum Gasteiger partial charge on any atom is 0.224 e. The van der Waals surface area contributed by atoms with E-state index in [1.165, 1.54) is 0 Å². The SMILES string of the molecule is CCN(Cc1ccco1)C(=O)CC(C)(C)N. The third-order valence-corrected chi connectivity index (χ3v) is 2.27. The minimum Gasteiger partial charge on any atom is -0.467 e. The van der Waals surface area contributed by atoms with E-state index in [-0.39, 0.29) is 5.91 Å². The summed E-state index contributed by atoms with van der Waals surface area (Å²) in [5, 5.41) is 0. The summed E-state index contributed by atoms with van der Waals surface area (Å²) < 4.78 is 5.22. The smallest absolute Gasteiger partial charge is 0.224 e. The average Bonchev–Trinajstić information content (AvgIpc) is 2.63. The van der Waals surface area contributed by atoms with Crippen LogP contribution in [0.4, 0.5) is 0 Å². The molecule has 16 heavy (non-hydrogen) atoms. The monoisotopic (exact) mass is 224 g/mol. The maximum absolute atomic E-state index is 11.9. The number of furan rings is 1. The molecule has 0 fully saturated rings. The average molecular weight is 224 g/mol. The van der Waals surface area contributed by atoms with Gasteiger partial charge in [-0.1, -0.05) is 0 Å². The van der Waals surface area contributed by atoms with E-state index >= 15 is 0 Å². The van der Waals surface area contributed by atoms with Crippen molar-refractivity contribution >= 4 is 5.91 Å². The van der Waals surface area contributed by atoms with E-state index in [0.717, 1.165) is 5.76 Å². The largest absolute Gasteiger partial charge is 0.467 e. The molecule has 0 radical (unpaired) electrons. The number of hydrogen-bond acceptors (Lipinski definition) is 3. The molecule has 0 unspecified atom stereocenters. The van der Waals surface area contributed by atoms with E-state index < -0.39 is 5.54 Å². The second-order valence-corrected chi connectivity index (χ2v) is 4.65. The molecule has 0 bridgehead atoms. The van der Waals surface area contributed by atoms with Crippen LogP contribution in [0.15, 0.2) is 22.8 Å². The third kappa shape index (κ3) is 4.06. The Morgan fingerprint density at radius 1 is 1.56 bits per heavy atom. The number of carbonyl (C=O) groups is 1. The van der Waals surface area contributed by atoms with E-state index in [0.29, 0.717) is 19.5 Å². The second-order valence-electron chi connectivity index (χ2n) is 4.65. The summed E-state index contributed by atoms with van der Waals surface area (Å²) in [6.07, 6.45) is 1.96. The molecule has 2 N–H and O–H groups in total. The topological polar surface area (TPSA) is 59.5 Å². The van der Waals surface area contributed by atoms with Crippen molar-refractivity contribution in [1.82, 2.24) is 4.90 Å². The molecule has 0 aliphatic carbocycles. The first-order chi connectivity index (χ1) is 7.42. The van der Waals surface area contributed by atoms with Crippen molar-refractivity contribution in [2.75, 3.05) is 6.54 Å². The molecule has 90 valence electrons. The molecule has 0 aliphatic heterocycles. The van der Waals surface area contributed by atoms with Gasteiger partial charge in [-0.3, -0.25) is 4.79 Å². The van der Waals surface area contributed by atoms with E-state index in [1.807, 2.05) is 32.9 Å². The van der Waals surface area contributed by atoms with Crippen LogP contribution in [-0.2, 0) is 11.3 Å². The van der Waals surface area contributed by atoms with Crippen LogP contribution in [0, 0.1) is 0 Å². The minimum atomic E-state index is -0.465. The Morgan fingerprint density at radius 2 is 2.25 bits per heavy atom. The van der Waals surface area contributed by atoms with Crippen molar-refractivity contribution in [2.45, 2.75) is 39.3 Å². The van der Waals surface area contributed by atoms with E-state index in [2.05, 4.69) is 0 Å². The van der Waals surface area contributed by atoms with Gasteiger partial charge in [-0.2, -0.15) is 0 Å². The predicted molar refractivity (Wildman–Crippen MR) is 62.7 cm³/mol. The molecular weight excluding hydrogens is 204 g/mol. The van der Waals surface area contributed by atoms with Gasteiger partial charge in [-0.25, -0.2) is 0 Å². The van der Waals surface area contributed by atoms with Crippen LogP contribution in [0.2, 0.25) is 0 Å². The number of carbonyl (C=O) groups excluding carboxylic acids is 1. The van der Waals surface area contributed by atoms with Crippen LogP contribution in [0.25, 0.3) is 0 Å². The van der Waals surface area contributed by atoms with Gasteiger partial charge in [0.05, 0.1) is 12.8 Å². The van der Waals surface area contributed by atoms with E-state index in [1.54, 1.807) is 11.2 Å². The Labute approximate surface area is 96.4 Å². The number of amides is 1. The molecule has 1 rings (SSSR count). The van der Waals surface area contributed by atoms with Gasteiger partial charge < -0.3 is 15.1 Å². The number of rotatable bonds is 5. The molecule has 1 heterocycles. The summed E-state index contributed by atoms with van der Waals surface area (Å²) in [5.41, 5.74) is 5.37. The minimum absolute atomic E-state index is 0.0615. The van der Waals surface area contributed by atoms with Gasteiger partial charge in [0, 0.05) is 18.5 Å². The normalized spacial score (nSPS) is 11.5. The fourth-order valence-corrected chi connectivity index (χ4v) is 1.47. The van der Waals surface area contributed by atoms with Gasteiger partial charge in [0.2, 0.25) is 5.91 Å². The zero-order chi connectivity index (χ0) is 12.2. The highest BCUT2D eigenvalue weighted by molar-refractivity contribution is 5.77. The summed E-state index contributed by atoms with van der Waals surface area (Å²) >= 11 is 0. The number of nitrogens with zero attached hydrogens (tertiary/aromatic N) is 1. The standard InChI is InChI=1S/C12H20N2O2/c1-4-14(9-10-6-5-7-16-10)11(15)8-12(2,3)13/h5-7H,4,8-9,13H2,1-3H3. The fraction of sp³-hybridized carbons (Fsp3) is 0.583. The van der Waals surface area contributed by atoms with Crippen LogP contribution in [0.1, 0.15) is 33.0 Å². The molecule has 0 atom stereocenters. The van der Waals surface area contributed by atoms with Gasteiger partial charge in [-0.05, 0) is 32.9 Å². The lowest BCUT2D eigenvalue weighted by molar-refractivity contribution is -0.132. The Kier molecular flexibility index (Phi) is 4.12. The quantitative estimate of drug-likeness (QED) is 0.829. The molecule has 1 aromatic heterocycles. The van der Waals surface area contributed by atoms with E-state index in [9.17, 15) is 4.79 Å². The molecule has 0 saturated carbocycles. The van der Waals surface area contributed by atoms with Crippen molar-refractivity contribution in [2.24, 2.45) is 5.73 Å². The Morgan fingerprint density at radius 3 is 2.69 bits per heavy atom. The zero-order valence-corrected chi connectivity index (χ0v) is 10.2. The van der Waals surface area contributed by atoms with Crippen molar-refractivity contribution in [3.63, 3.8) is 0 Å². The van der Waals surface area contributed by atoms with Gasteiger partial charge in [-0.15, -0.1) is 0 Å². The van der Waals surface area contributed by atoms with Gasteiger partial charge in [0.1, 0.15) is 5.76 Å². The van der Waals surface area contributed by atoms with Crippen LogP contribution < -0.4 is 5.73 Å². The summed E-state index contributed by atoms with van der Waals surface area (Å²) in [5.74, 6) is 0.858. The second kappa shape index (κ2) is 5.16. The number of nitrogens with two attached hydrogens (primary N) is 1. The molecule has 0 spiro atoms. The molecule has 4 nitrogen and oxygen atoms in total. The predicted octanol–water partition coefficient (Wildman–Crippen LogP) is 1.76. The summed E-state index contributed by atoms with van der Waals surface area (Å²) in [6.45, 7) is 6.83. The Hall–Kier alpha value is -1.29. The highest BCUT2D eigenvalue weighted by atomic mass is 16.3. The van der Waals surface area contributed by atoms with Crippen LogP contribution >= 0.6 is 0 Å².